The van der Waals surface area contributed by atoms with Crippen LogP contribution in [0.25, 0.3) is 0 Å². The van der Waals surface area contributed by atoms with Crippen LogP contribution in [0.1, 0.15) is 16.8 Å². The third-order valence-corrected chi connectivity index (χ3v) is 3.22. The monoisotopic (exact) mass is 347 g/mol. The maximum absolute atomic E-state index is 12.0. The molecule has 0 aliphatic heterocycles. The van der Waals surface area contributed by atoms with Gasteiger partial charge in [0.1, 0.15) is 5.84 Å². The first-order chi connectivity index (χ1) is 8.06. The first-order valence-corrected chi connectivity index (χ1v) is 6.10. The summed E-state index contributed by atoms with van der Waals surface area (Å²) in [5.74, 6) is 0.0492. The number of carbonyl (C=O) groups is 1. The summed E-state index contributed by atoms with van der Waals surface area (Å²) in [6.45, 7) is 0.416. The lowest BCUT2D eigenvalue weighted by molar-refractivity contribution is 0.0797. The van der Waals surface area contributed by atoms with Gasteiger partial charge in [0.2, 0.25) is 0 Å². The molecule has 17 heavy (non-hydrogen) atoms. The van der Waals surface area contributed by atoms with Crippen molar-refractivity contribution in [3.8, 4) is 0 Å². The molecule has 0 aliphatic rings. The molecular formula is C11H14IN3O2. The van der Waals surface area contributed by atoms with E-state index in [0.29, 0.717) is 18.5 Å². The van der Waals surface area contributed by atoms with Gasteiger partial charge in [-0.2, -0.15) is 0 Å². The van der Waals surface area contributed by atoms with E-state index in [4.69, 9.17) is 10.9 Å². The molecule has 1 aromatic rings. The van der Waals surface area contributed by atoms with Crippen molar-refractivity contribution in [2.24, 2.45) is 10.9 Å². The summed E-state index contributed by atoms with van der Waals surface area (Å²) < 4.78 is 0.908. The van der Waals surface area contributed by atoms with Crippen LogP contribution in [0.3, 0.4) is 0 Å². The van der Waals surface area contributed by atoms with Gasteiger partial charge in [0.05, 0.1) is 5.56 Å². The van der Waals surface area contributed by atoms with E-state index < -0.39 is 0 Å². The number of nitrogens with two attached hydrogens (primary N) is 1. The van der Waals surface area contributed by atoms with Crippen LogP contribution in [0.4, 0.5) is 0 Å². The molecule has 0 spiro atoms. The highest BCUT2D eigenvalue weighted by Crippen LogP contribution is 2.13. The van der Waals surface area contributed by atoms with Crippen molar-refractivity contribution in [1.29, 1.82) is 0 Å². The number of rotatable bonds is 4. The zero-order chi connectivity index (χ0) is 12.8. The Balaban J connectivity index is 2.68. The zero-order valence-electron chi connectivity index (χ0n) is 9.43. The molecule has 1 amide bonds. The largest absolute Gasteiger partial charge is 0.409 e. The van der Waals surface area contributed by atoms with Crippen LogP contribution in [-0.2, 0) is 0 Å². The lowest BCUT2D eigenvalue weighted by atomic mass is 10.2. The second-order valence-corrected chi connectivity index (χ2v) is 4.71. The van der Waals surface area contributed by atoms with Gasteiger partial charge < -0.3 is 15.8 Å². The summed E-state index contributed by atoms with van der Waals surface area (Å²) in [7, 11) is 1.69. The standard InChI is InChI=1S/C11H14IN3O2/c1-15(7-6-10(13)14-17)11(16)8-4-2-3-5-9(8)12/h2-5,17H,6-7H2,1H3,(H2,13,14). The quantitative estimate of drug-likeness (QED) is 0.285. The first kappa shape index (κ1) is 13.8. The highest BCUT2D eigenvalue weighted by Gasteiger charge is 2.14. The normalized spacial score (nSPS) is 11.3. The third kappa shape index (κ3) is 3.88. The summed E-state index contributed by atoms with van der Waals surface area (Å²) in [6.07, 6.45) is 0.349. The number of hydrogen-bond acceptors (Lipinski definition) is 3. The number of benzene rings is 1. The van der Waals surface area contributed by atoms with E-state index in [1.165, 1.54) is 0 Å². The minimum atomic E-state index is -0.0688. The predicted molar refractivity (Wildman–Crippen MR) is 74.1 cm³/mol. The second-order valence-electron chi connectivity index (χ2n) is 3.55. The van der Waals surface area contributed by atoms with Crippen molar-refractivity contribution in [3.05, 3.63) is 33.4 Å². The number of carbonyl (C=O) groups excluding carboxylic acids is 1. The Bertz CT molecular complexity index is 434. The topological polar surface area (TPSA) is 78.9 Å². The molecule has 0 heterocycles. The average molecular weight is 347 g/mol. The molecule has 92 valence electrons. The fourth-order valence-corrected chi connectivity index (χ4v) is 1.89. The van der Waals surface area contributed by atoms with E-state index in [1.54, 1.807) is 18.0 Å². The van der Waals surface area contributed by atoms with Gasteiger partial charge in [-0.1, -0.05) is 17.3 Å². The fourth-order valence-electron chi connectivity index (χ4n) is 1.27. The molecule has 0 fully saturated rings. The molecule has 1 aromatic carbocycles. The van der Waals surface area contributed by atoms with Crippen LogP contribution in [0, 0.1) is 3.57 Å². The third-order valence-electron chi connectivity index (χ3n) is 2.28. The number of oxime groups is 1. The van der Waals surface area contributed by atoms with Crippen LogP contribution in [0.5, 0.6) is 0 Å². The Hall–Kier alpha value is -1.31. The number of amidine groups is 1. The Kier molecular flexibility index (Phi) is 5.20. The van der Waals surface area contributed by atoms with Crippen molar-refractivity contribution in [1.82, 2.24) is 4.90 Å². The summed E-state index contributed by atoms with van der Waals surface area (Å²) >= 11 is 2.12. The number of hydrogen-bond donors (Lipinski definition) is 2. The van der Waals surface area contributed by atoms with Crippen LogP contribution >= 0.6 is 22.6 Å². The van der Waals surface area contributed by atoms with E-state index in [0.717, 1.165) is 3.57 Å². The smallest absolute Gasteiger partial charge is 0.254 e. The average Bonchev–Trinajstić information content (AvgIpc) is 2.35. The Morgan fingerprint density at radius 3 is 2.76 bits per heavy atom. The number of nitrogens with zero attached hydrogens (tertiary/aromatic N) is 2. The SMILES string of the molecule is CN(CC/C(N)=N/O)C(=O)c1ccccc1I. The molecule has 0 unspecified atom stereocenters. The summed E-state index contributed by atoms with van der Waals surface area (Å²) in [5, 5.41) is 11.3. The minimum Gasteiger partial charge on any atom is -0.409 e. The van der Waals surface area contributed by atoms with Crippen LogP contribution in [-0.4, -0.2) is 35.4 Å². The highest BCUT2D eigenvalue weighted by molar-refractivity contribution is 14.1. The zero-order valence-corrected chi connectivity index (χ0v) is 11.6. The lowest BCUT2D eigenvalue weighted by Gasteiger charge is -2.17. The van der Waals surface area contributed by atoms with Gasteiger partial charge in [-0.25, -0.2) is 0 Å². The van der Waals surface area contributed by atoms with E-state index in [2.05, 4.69) is 27.7 Å². The lowest BCUT2D eigenvalue weighted by Crippen LogP contribution is -2.31. The van der Waals surface area contributed by atoms with Gasteiger partial charge in [0.15, 0.2) is 0 Å². The molecule has 0 saturated carbocycles. The molecule has 3 N–H and O–H groups in total. The van der Waals surface area contributed by atoms with Crippen molar-refractivity contribution >= 4 is 34.3 Å². The Morgan fingerprint density at radius 1 is 1.53 bits per heavy atom. The second kappa shape index (κ2) is 6.43. The highest BCUT2D eigenvalue weighted by atomic mass is 127. The van der Waals surface area contributed by atoms with Gasteiger partial charge in [-0.05, 0) is 34.7 Å². The number of amides is 1. The Morgan fingerprint density at radius 2 is 2.18 bits per heavy atom. The Labute approximate surface area is 113 Å². The van der Waals surface area contributed by atoms with E-state index >= 15 is 0 Å². The van der Waals surface area contributed by atoms with Crippen molar-refractivity contribution in [3.63, 3.8) is 0 Å². The van der Waals surface area contributed by atoms with E-state index in [9.17, 15) is 4.79 Å². The van der Waals surface area contributed by atoms with Gasteiger partial charge in [-0.3, -0.25) is 4.79 Å². The van der Waals surface area contributed by atoms with E-state index in [1.807, 2.05) is 18.2 Å². The predicted octanol–water partition coefficient (Wildman–Crippen LogP) is 1.50. The first-order valence-electron chi connectivity index (χ1n) is 5.02. The molecule has 0 aliphatic carbocycles. The van der Waals surface area contributed by atoms with Gasteiger partial charge >= 0.3 is 0 Å². The van der Waals surface area contributed by atoms with Crippen LogP contribution in [0.15, 0.2) is 29.4 Å². The van der Waals surface area contributed by atoms with Crippen molar-refractivity contribution < 1.29 is 10.0 Å². The molecule has 0 aromatic heterocycles. The summed E-state index contributed by atoms with van der Waals surface area (Å²) in [5.41, 5.74) is 6.01. The number of halogens is 1. The minimum absolute atomic E-state index is 0.0688. The summed E-state index contributed by atoms with van der Waals surface area (Å²) in [6, 6.07) is 7.37. The summed E-state index contributed by atoms with van der Waals surface area (Å²) in [4.78, 5) is 13.6. The fraction of sp³-hybridized carbons (Fsp3) is 0.273. The van der Waals surface area contributed by atoms with Crippen molar-refractivity contribution in [2.45, 2.75) is 6.42 Å². The van der Waals surface area contributed by atoms with Gasteiger partial charge in [-0.15, -0.1) is 0 Å². The molecule has 0 atom stereocenters. The van der Waals surface area contributed by atoms with Gasteiger partial charge in [0, 0.05) is 23.6 Å². The molecule has 6 heteroatoms. The molecule has 0 bridgehead atoms. The molecule has 5 nitrogen and oxygen atoms in total. The van der Waals surface area contributed by atoms with E-state index in [-0.39, 0.29) is 11.7 Å². The van der Waals surface area contributed by atoms with Crippen LogP contribution < -0.4 is 5.73 Å². The van der Waals surface area contributed by atoms with Gasteiger partial charge in [0.25, 0.3) is 5.91 Å². The molecule has 0 saturated heterocycles. The molecule has 0 radical (unpaired) electrons. The van der Waals surface area contributed by atoms with Crippen LogP contribution in [0.2, 0.25) is 0 Å². The maximum atomic E-state index is 12.0. The molecular weight excluding hydrogens is 333 g/mol. The maximum Gasteiger partial charge on any atom is 0.254 e. The molecule has 1 rings (SSSR count). The van der Waals surface area contributed by atoms with Crippen molar-refractivity contribution in [2.75, 3.05) is 13.6 Å².